The van der Waals surface area contributed by atoms with E-state index in [1.54, 1.807) is 18.3 Å². The number of anilines is 1. The number of nitrogens with one attached hydrogen (secondary N) is 2. The minimum atomic E-state index is -0.160. The number of hydrogen-bond donors (Lipinski definition) is 2. The lowest BCUT2D eigenvalue weighted by molar-refractivity contribution is 0.902. The van der Waals surface area contributed by atoms with Crippen molar-refractivity contribution in [3.63, 3.8) is 0 Å². The van der Waals surface area contributed by atoms with E-state index in [0.29, 0.717) is 16.8 Å². The van der Waals surface area contributed by atoms with Gasteiger partial charge in [-0.25, -0.2) is 15.0 Å². The van der Waals surface area contributed by atoms with Gasteiger partial charge in [-0.1, -0.05) is 0 Å². The lowest BCUT2D eigenvalue weighted by Crippen LogP contribution is -2.08. The summed E-state index contributed by atoms with van der Waals surface area (Å²) in [6.07, 6.45) is 0. The number of fused-ring (bicyclic) bond motifs is 1. The molecule has 108 valence electrons. The Morgan fingerprint density at radius 3 is 3.00 bits per heavy atom. The van der Waals surface area contributed by atoms with Gasteiger partial charge in [0, 0.05) is 23.7 Å². The first-order valence-electron chi connectivity index (χ1n) is 6.40. The highest BCUT2D eigenvalue weighted by molar-refractivity contribution is 7.99. The maximum Gasteiger partial charge on any atom is 0.251 e. The number of nitrogens with zero attached hydrogens (tertiary/aromatic N) is 3. The number of thiophene rings is 1. The zero-order chi connectivity index (χ0) is 14.8. The van der Waals surface area contributed by atoms with Crippen molar-refractivity contribution < 1.29 is 0 Å². The molecule has 8 heteroatoms. The fourth-order valence-corrected chi connectivity index (χ4v) is 3.59. The van der Waals surface area contributed by atoms with Gasteiger partial charge in [0.25, 0.3) is 5.56 Å². The highest BCUT2D eigenvalue weighted by atomic mass is 32.2. The molecule has 0 aliphatic heterocycles. The van der Waals surface area contributed by atoms with Crippen LogP contribution < -0.4 is 10.9 Å². The van der Waals surface area contributed by atoms with Crippen LogP contribution in [-0.2, 0) is 0 Å². The van der Waals surface area contributed by atoms with Crippen molar-refractivity contribution in [2.75, 3.05) is 11.9 Å². The smallest absolute Gasteiger partial charge is 0.251 e. The molecule has 0 saturated carbocycles. The van der Waals surface area contributed by atoms with Gasteiger partial charge in [0.2, 0.25) is 5.95 Å². The van der Waals surface area contributed by atoms with Crippen LogP contribution in [0, 0.1) is 6.92 Å². The monoisotopic (exact) mass is 319 g/mol. The maximum absolute atomic E-state index is 11.5. The number of hydrogen-bond acceptors (Lipinski definition) is 7. The molecule has 3 rings (SSSR count). The van der Waals surface area contributed by atoms with Crippen LogP contribution in [0.2, 0.25) is 0 Å². The van der Waals surface area contributed by atoms with Gasteiger partial charge in [-0.3, -0.25) is 4.79 Å². The van der Waals surface area contributed by atoms with Crippen LogP contribution in [0.15, 0.2) is 32.5 Å². The molecular weight excluding hydrogens is 306 g/mol. The van der Waals surface area contributed by atoms with Crippen LogP contribution in [0.25, 0.3) is 10.2 Å². The van der Waals surface area contributed by atoms with Gasteiger partial charge in [-0.05, 0) is 37.1 Å². The summed E-state index contributed by atoms with van der Waals surface area (Å²) in [5.41, 5.74) is 0.524. The average molecular weight is 319 g/mol. The molecule has 2 N–H and O–H groups in total. The molecule has 0 fully saturated rings. The molecule has 6 nitrogen and oxygen atoms in total. The van der Waals surface area contributed by atoms with Crippen LogP contribution in [0.4, 0.5) is 5.95 Å². The van der Waals surface area contributed by atoms with Crippen LogP contribution in [0.1, 0.15) is 12.6 Å². The number of aromatic nitrogens is 4. The van der Waals surface area contributed by atoms with Crippen LogP contribution in [0.3, 0.4) is 0 Å². The van der Waals surface area contributed by atoms with E-state index in [-0.39, 0.29) is 5.56 Å². The normalized spacial score (nSPS) is 11.0. The Balaban J connectivity index is 2.06. The van der Waals surface area contributed by atoms with Crippen LogP contribution in [-0.4, -0.2) is 26.5 Å². The third kappa shape index (κ3) is 3.06. The lowest BCUT2D eigenvalue weighted by atomic mass is 10.4. The molecule has 0 saturated heterocycles. The van der Waals surface area contributed by atoms with Crippen LogP contribution in [0.5, 0.6) is 0 Å². The van der Waals surface area contributed by atoms with E-state index < -0.39 is 0 Å². The van der Waals surface area contributed by atoms with E-state index >= 15 is 0 Å². The molecule has 0 aliphatic carbocycles. The summed E-state index contributed by atoms with van der Waals surface area (Å²) in [5.74, 6) is 0.588. The summed E-state index contributed by atoms with van der Waals surface area (Å²) in [7, 11) is 0. The van der Waals surface area contributed by atoms with Gasteiger partial charge in [0.15, 0.2) is 5.16 Å². The molecule has 0 aliphatic rings. The van der Waals surface area contributed by atoms with Crippen molar-refractivity contribution in [3.8, 4) is 0 Å². The second-order valence-corrected chi connectivity index (χ2v) is 6.19. The molecule has 0 unspecified atom stereocenters. The Kier molecular flexibility index (Phi) is 3.89. The summed E-state index contributed by atoms with van der Waals surface area (Å²) in [4.78, 5) is 28.5. The third-order valence-electron chi connectivity index (χ3n) is 2.67. The highest BCUT2D eigenvalue weighted by Crippen LogP contribution is 2.32. The Hall–Kier alpha value is -1.93. The number of aryl methyl sites for hydroxylation is 1. The molecule has 21 heavy (non-hydrogen) atoms. The van der Waals surface area contributed by atoms with E-state index in [0.717, 1.165) is 21.8 Å². The second-order valence-electron chi connectivity index (χ2n) is 4.32. The minimum absolute atomic E-state index is 0.160. The zero-order valence-corrected chi connectivity index (χ0v) is 13.1. The number of rotatable bonds is 4. The van der Waals surface area contributed by atoms with Crippen LogP contribution >= 0.6 is 23.1 Å². The van der Waals surface area contributed by atoms with Crippen molar-refractivity contribution in [2.45, 2.75) is 24.0 Å². The molecule has 0 bridgehead atoms. The van der Waals surface area contributed by atoms with Gasteiger partial charge in [-0.2, -0.15) is 0 Å². The summed E-state index contributed by atoms with van der Waals surface area (Å²) in [6.45, 7) is 4.54. The topological polar surface area (TPSA) is 83.6 Å². The van der Waals surface area contributed by atoms with Crippen molar-refractivity contribution in [2.24, 2.45) is 0 Å². The minimum Gasteiger partial charge on any atom is -0.354 e. The predicted molar refractivity (Wildman–Crippen MR) is 85.3 cm³/mol. The van der Waals surface area contributed by atoms with Gasteiger partial charge in [0.1, 0.15) is 9.86 Å². The largest absolute Gasteiger partial charge is 0.354 e. The molecule has 3 heterocycles. The van der Waals surface area contributed by atoms with E-state index in [4.69, 9.17) is 0 Å². The van der Waals surface area contributed by atoms with E-state index in [1.807, 2.05) is 18.4 Å². The Bertz CT molecular complexity index is 842. The van der Waals surface area contributed by atoms with Crippen molar-refractivity contribution in [1.82, 2.24) is 19.9 Å². The fraction of sp³-hybridized carbons (Fsp3) is 0.231. The van der Waals surface area contributed by atoms with E-state index in [9.17, 15) is 4.79 Å². The molecule has 0 atom stereocenters. The highest BCUT2D eigenvalue weighted by Gasteiger charge is 2.11. The first kappa shape index (κ1) is 14.0. The molecule has 0 aromatic carbocycles. The zero-order valence-electron chi connectivity index (χ0n) is 11.5. The molecule has 3 aromatic heterocycles. The Labute approximate surface area is 129 Å². The average Bonchev–Trinajstić information content (AvgIpc) is 2.86. The van der Waals surface area contributed by atoms with Gasteiger partial charge < -0.3 is 10.3 Å². The fourth-order valence-electron chi connectivity index (χ4n) is 1.83. The standard InChI is InChI=1S/C13H13N5OS2/c1-3-14-12-17-10-8(4-5-20-10)11(18-12)21-13-15-7(2)6-9(19)16-13/h4-6H,3H2,1-2H3,(H,14,17,18)(H,15,16,19). The third-order valence-corrected chi connectivity index (χ3v) is 4.36. The SMILES string of the molecule is CCNc1nc(Sc2nc(C)cc(=O)[nH]2)c2ccsc2n1. The summed E-state index contributed by atoms with van der Waals surface area (Å²) >= 11 is 2.90. The summed E-state index contributed by atoms with van der Waals surface area (Å²) < 4.78 is 0. The van der Waals surface area contributed by atoms with Gasteiger partial charge in [0.05, 0.1) is 0 Å². The first-order chi connectivity index (χ1) is 10.2. The quantitative estimate of drug-likeness (QED) is 0.568. The molecule has 0 spiro atoms. The molecule has 3 aromatic rings. The Morgan fingerprint density at radius 1 is 1.38 bits per heavy atom. The molecule has 0 radical (unpaired) electrons. The maximum atomic E-state index is 11.5. The van der Waals surface area contributed by atoms with Crippen molar-refractivity contribution in [1.29, 1.82) is 0 Å². The van der Waals surface area contributed by atoms with E-state index in [1.165, 1.54) is 17.8 Å². The van der Waals surface area contributed by atoms with Gasteiger partial charge in [-0.15, -0.1) is 11.3 Å². The van der Waals surface area contributed by atoms with Crippen molar-refractivity contribution in [3.05, 3.63) is 33.6 Å². The van der Waals surface area contributed by atoms with Gasteiger partial charge >= 0.3 is 0 Å². The molecular formula is C13H13N5OS2. The molecule has 0 amide bonds. The van der Waals surface area contributed by atoms with E-state index in [2.05, 4.69) is 25.3 Å². The summed E-state index contributed by atoms with van der Waals surface area (Å²) in [6, 6.07) is 3.44. The van der Waals surface area contributed by atoms with Crippen molar-refractivity contribution >= 4 is 39.3 Å². The summed E-state index contributed by atoms with van der Waals surface area (Å²) in [5, 5.41) is 7.38. The first-order valence-corrected chi connectivity index (χ1v) is 8.10. The number of H-pyrrole nitrogens is 1. The second kappa shape index (κ2) is 5.82. The lowest BCUT2D eigenvalue weighted by Gasteiger charge is -2.06. The number of aromatic amines is 1. The predicted octanol–water partition coefficient (Wildman–Crippen LogP) is 2.67. The Morgan fingerprint density at radius 2 is 2.24 bits per heavy atom.